The van der Waals surface area contributed by atoms with Crippen LogP contribution in [0.3, 0.4) is 0 Å². The topological polar surface area (TPSA) is 38.7 Å². The van der Waals surface area contributed by atoms with E-state index in [-0.39, 0.29) is 5.88 Å². The van der Waals surface area contributed by atoms with Crippen molar-refractivity contribution in [2.24, 2.45) is 0 Å². The second-order valence-electron chi connectivity index (χ2n) is 4.85. The van der Waals surface area contributed by atoms with E-state index in [1.807, 2.05) is 53.6 Å². The summed E-state index contributed by atoms with van der Waals surface area (Å²) in [4.78, 5) is 0. The van der Waals surface area contributed by atoms with E-state index in [1.54, 1.807) is 17.1 Å². The smallest absolute Gasteiger partial charge is 0.234 e. The molecule has 0 saturated heterocycles. The van der Waals surface area contributed by atoms with Crippen LogP contribution in [0.4, 0.5) is 11.4 Å². The third-order valence-corrected chi connectivity index (χ3v) is 3.82. The fourth-order valence-corrected chi connectivity index (χ4v) is 2.65. The summed E-state index contributed by atoms with van der Waals surface area (Å²) >= 11 is 5.91. The molecule has 21 heavy (non-hydrogen) atoms. The highest BCUT2D eigenvalue weighted by Crippen LogP contribution is 2.35. The first-order valence-corrected chi connectivity index (χ1v) is 6.94. The first kappa shape index (κ1) is 12.3. The molecule has 0 saturated carbocycles. The van der Waals surface area contributed by atoms with Crippen molar-refractivity contribution in [2.75, 3.05) is 10.0 Å². The lowest BCUT2D eigenvalue weighted by atomic mass is 10.1. The van der Waals surface area contributed by atoms with Gasteiger partial charge in [-0.25, -0.2) is 5.01 Å². The molecule has 0 amide bonds. The van der Waals surface area contributed by atoms with Crippen molar-refractivity contribution in [1.82, 2.24) is 5.53 Å². The molecule has 0 spiro atoms. The molecule has 5 heteroatoms. The van der Waals surface area contributed by atoms with Crippen LogP contribution < -0.4 is 15.6 Å². The second-order valence-corrected chi connectivity index (χ2v) is 5.28. The molecular formula is C16H12ClN3O. The highest BCUT2D eigenvalue weighted by atomic mass is 35.5. The number of anilines is 2. The van der Waals surface area contributed by atoms with Crippen LogP contribution in [0.1, 0.15) is 5.56 Å². The fourth-order valence-electron chi connectivity index (χ4n) is 2.52. The number of allylic oxidation sites excluding steroid dienone is 1. The molecule has 0 aliphatic carbocycles. The molecule has 2 aromatic rings. The fraction of sp³-hybridized carbons (Fsp3) is 0. The largest absolute Gasteiger partial charge is 0.492 e. The number of nitrogens with one attached hydrogen (secondary N) is 1. The molecule has 0 radical (unpaired) electrons. The predicted octanol–water partition coefficient (Wildman–Crippen LogP) is 3.84. The molecule has 0 unspecified atom stereocenters. The molecule has 0 atom stereocenters. The van der Waals surface area contributed by atoms with Crippen molar-refractivity contribution < 1.29 is 5.11 Å². The predicted molar refractivity (Wildman–Crippen MR) is 84.7 cm³/mol. The Balaban J connectivity index is 1.77. The lowest BCUT2D eigenvalue weighted by molar-refractivity contribution is 0.388. The minimum Gasteiger partial charge on any atom is -0.492 e. The Kier molecular flexibility index (Phi) is 2.67. The van der Waals surface area contributed by atoms with Gasteiger partial charge in [-0.1, -0.05) is 35.9 Å². The summed E-state index contributed by atoms with van der Waals surface area (Å²) in [5, 5.41) is 14.6. The molecular weight excluding hydrogens is 286 g/mol. The van der Waals surface area contributed by atoms with Crippen molar-refractivity contribution >= 4 is 29.1 Å². The van der Waals surface area contributed by atoms with Crippen LogP contribution in [0.2, 0.25) is 5.02 Å². The number of hydrogen-bond acceptors (Lipinski definition) is 4. The van der Waals surface area contributed by atoms with Crippen LogP contribution in [0.25, 0.3) is 6.08 Å². The first-order valence-electron chi connectivity index (χ1n) is 6.56. The van der Waals surface area contributed by atoms with Crippen LogP contribution in [0, 0.1) is 0 Å². The highest BCUT2D eigenvalue weighted by Gasteiger charge is 2.32. The first-order chi connectivity index (χ1) is 10.2. The monoisotopic (exact) mass is 297 g/mol. The number of hydrogen-bond donors (Lipinski definition) is 2. The van der Waals surface area contributed by atoms with E-state index in [0.717, 1.165) is 16.9 Å². The van der Waals surface area contributed by atoms with E-state index in [1.165, 1.54) is 0 Å². The number of nitrogens with zero attached hydrogens (tertiary/aromatic N) is 2. The van der Waals surface area contributed by atoms with Crippen molar-refractivity contribution in [3.05, 3.63) is 76.8 Å². The Hall–Kier alpha value is -2.43. The second kappa shape index (κ2) is 4.55. The molecule has 0 aromatic heterocycles. The number of aliphatic hydroxyl groups excluding tert-OH is 1. The maximum Gasteiger partial charge on any atom is 0.234 e. The third kappa shape index (κ3) is 1.88. The van der Waals surface area contributed by atoms with Crippen molar-refractivity contribution in [2.45, 2.75) is 0 Å². The van der Waals surface area contributed by atoms with E-state index in [2.05, 4.69) is 5.53 Å². The number of benzene rings is 2. The van der Waals surface area contributed by atoms with Crippen LogP contribution in [0.5, 0.6) is 0 Å². The Morgan fingerprint density at radius 3 is 2.48 bits per heavy atom. The SMILES string of the molecule is OC1=C2C=Cc3ccccc3N2NN1c1ccc(Cl)cc1. The van der Waals surface area contributed by atoms with Gasteiger partial charge in [-0.15, -0.1) is 5.53 Å². The minimum atomic E-state index is 0.156. The average Bonchev–Trinajstić information content (AvgIpc) is 2.86. The molecule has 2 aromatic carbocycles. The highest BCUT2D eigenvalue weighted by molar-refractivity contribution is 6.30. The molecule has 2 N–H and O–H groups in total. The van der Waals surface area contributed by atoms with Gasteiger partial charge in [0.05, 0.1) is 11.4 Å². The van der Waals surface area contributed by atoms with Gasteiger partial charge in [0.25, 0.3) is 0 Å². The summed E-state index contributed by atoms with van der Waals surface area (Å²) in [6.45, 7) is 0. The van der Waals surface area contributed by atoms with Crippen molar-refractivity contribution in [3.63, 3.8) is 0 Å². The number of rotatable bonds is 1. The molecule has 0 bridgehead atoms. The Bertz CT molecular complexity index is 767. The lowest BCUT2D eigenvalue weighted by Crippen LogP contribution is -2.42. The van der Waals surface area contributed by atoms with Crippen molar-refractivity contribution in [3.8, 4) is 0 Å². The molecule has 4 nitrogen and oxygen atoms in total. The van der Waals surface area contributed by atoms with Crippen LogP contribution in [-0.4, -0.2) is 5.11 Å². The van der Waals surface area contributed by atoms with Crippen LogP contribution in [-0.2, 0) is 0 Å². The van der Waals surface area contributed by atoms with Gasteiger partial charge in [0, 0.05) is 5.02 Å². The molecule has 2 aliphatic rings. The Labute approximate surface area is 127 Å². The average molecular weight is 298 g/mol. The standard InChI is InChI=1S/C16H12ClN3O/c17-12-6-8-13(9-7-12)19-16(21)15-10-5-11-3-1-2-4-14(11)20(15)18-19/h1-10,18,21H. The summed E-state index contributed by atoms with van der Waals surface area (Å²) in [5.41, 5.74) is 6.80. The zero-order valence-electron chi connectivity index (χ0n) is 11.0. The number of aliphatic hydroxyl groups is 1. The van der Waals surface area contributed by atoms with E-state index < -0.39 is 0 Å². The maximum atomic E-state index is 10.4. The van der Waals surface area contributed by atoms with Gasteiger partial charge in [0.1, 0.15) is 5.70 Å². The number of hydrazine groups is 2. The van der Waals surface area contributed by atoms with E-state index in [0.29, 0.717) is 10.7 Å². The third-order valence-electron chi connectivity index (χ3n) is 3.57. The minimum absolute atomic E-state index is 0.156. The molecule has 2 heterocycles. The van der Waals surface area contributed by atoms with Gasteiger partial charge < -0.3 is 5.11 Å². The van der Waals surface area contributed by atoms with Gasteiger partial charge in [-0.05, 0) is 42.0 Å². The van der Waals surface area contributed by atoms with E-state index >= 15 is 0 Å². The van der Waals surface area contributed by atoms with Gasteiger partial charge in [0.2, 0.25) is 5.88 Å². The van der Waals surface area contributed by atoms with Crippen molar-refractivity contribution in [1.29, 1.82) is 0 Å². The molecule has 104 valence electrons. The van der Waals surface area contributed by atoms with Gasteiger partial charge in [0.15, 0.2) is 0 Å². The van der Waals surface area contributed by atoms with E-state index in [4.69, 9.17) is 11.6 Å². The number of para-hydroxylation sites is 1. The van der Waals surface area contributed by atoms with Crippen LogP contribution in [0.15, 0.2) is 66.2 Å². The number of halogens is 1. The zero-order valence-corrected chi connectivity index (χ0v) is 11.7. The Morgan fingerprint density at radius 2 is 1.67 bits per heavy atom. The van der Waals surface area contributed by atoms with Gasteiger partial charge in [-0.2, -0.15) is 0 Å². The molecule has 4 rings (SSSR count). The molecule has 0 fully saturated rings. The normalized spacial score (nSPS) is 16.2. The zero-order chi connectivity index (χ0) is 14.4. The summed E-state index contributed by atoms with van der Waals surface area (Å²) < 4.78 is 0. The maximum absolute atomic E-state index is 10.4. The van der Waals surface area contributed by atoms with E-state index in [9.17, 15) is 5.11 Å². The van der Waals surface area contributed by atoms with Gasteiger partial charge in [-0.3, -0.25) is 5.01 Å². The number of fused-ring (bicyclic) bond motifs is 3. The van der Waals surface area contributed by atoms with Crippen LogP contribution >= 0.6 is 11.6 Å². The summed E-state index contributed by atoms with van der Waals surface area (Å²) in [6.07, 6.45) is 3.88. The van der Waals surface area contributed by atoms with Gasteiger partial charge >= 0.3 is 0 Å². The Morgan fingerprint density at radius 1 is 0.905 bits per heavy atom. The quantitative estimate of drug-likeness (QED) is 0.839. The lowest BCUT2D eigenvalue weighted by Gasteiger charge is -2.26. The molecule has 2 aliphatic heterocycles. The summed E-state index contributed by atoms with van der Waals surface area (Å²) in [7, 11) is 0. The summed E-state index contributed by atoms with van der Waals surface area (Å²) in [6, 6.07) is 15.3. The summed E-state index contributed by atoms with van der Waals surface area (Å²) in [5.74, 6) is 0.156.